The summed E-state index contributed by atoms with van der Waals surface area (Å²) in [7, 11) is 0. The molecule has 0 unspecified atom stereocenters. The van der Waals surface area contributed by atoms with Gasteiger partial charge in [0.2, 0.25) is 0 Å². The van der Waals surface area contributed by atoms with Gasteiger partial charge in [-0.05, 0) is 52.1 Å². The predicted octanol–water partition coefficient (Wildman–Crippen LogP) is -6.01. The van der Waals surface area contributed by atoms with Gasteiger partial charge >= 0.3 is 17.1 Å². The van der Waals surface area contributed by atoms with Gasteiger partial charge < -0.3 is 55.1 Å². The van der Waals surface area contributed by atoms with Crippen LogP contribution in [-0.2, 0) is 14.2 Å². The Morgan fingerprint density at radius 2 is 1.00 bits per heavy atom. The Kier molecular flexibility index (Phi) is 14.6. The molecule has 6 rings (SSSR count). The molecule has 3 saturated heterocycles. The molecule has 294 valence electrons. The molecule has 53 heavy (non-hydrogen) atoms. The van der Waals surface area contributed by atoms with Gasteiger partial charge in [-0.3, -0.25) is 43.0 Å². The quantitative estimate of drug-likeness (QED) is 0.102. The summed E-state index contributed by atoms with van der Waals surface area (Å²) in [5.74, 6) is 0. The topological polar surface area (TPSA) is 354 Å². The van der Waals surface area contributed by atoms with Gasteiger partial charge in [0.15, 0.2) is 12.5 Å². The number of ether oxygens (including phenoxy) is 3. The third kappa shape index (κ3) is 9.48. The number of hydrogen-bond acceptors (Lipinski definition) is 17. The number of rotatable bonds is 6. The zero-order chi connectivity index (χ0) is 39.5. The summed E-state index contributed by atoms with van der Waals surface area (Å²) in [6, 6.07) is 0. The molecular formula is C28H36I2N6O17. The zero-order valence-corrected chi connectivity index (χ0v) is 31.6. The molecule has 3 aromatic rings. The van der Waals surface area contributed by atoms with E-state index in [0.29, 0.717) is 3.57 Å². The minimum absolute atomic E-state index is 0.202. The number of hydrogen-bond donors (Lipinski definition) is 11. The molecule has 0 bridgehead atoms. The molecule has 0 aliphatic carbocycles. The minimum atomic E-state index is -1.36. The summed E-state index contributed by atoms with van der Waals surface area (Å²) in [5, 5.41) is 75.1. The highest BCUT2D eigenvalue weighted by Crippen LogP contribution is 2.29. The van der Waals surface area contributed by atoms with Crippen molar-refractivity contribution in [2.75, 3.05) is 19.8 Å². The van der Waals surface area contributed by atoms with Gasteiger partial charge in [-0.2, -0.15) is 0 Å². The second kappa shape index (κ2) is 18.1. The number of aliphatic hydroxyl groups is 8. The molecule has 25 heteroatoms. The molecule has 3 aliphatic heterocycles. The van der Waals surface area contributed by atoms with Crippen molar-refractivity contribution in [3.05, 3.63) is 93.8 Å². The second-order valence-electron chi connectivity index (χ2n) is 11.8. The summed E-state index contributed by atoms with van der Waals surface area (Å²) in [6.07, 6.45) is -7.67. The summed E-state index contributed by atoms with van der Waals surface area (Å²) in [6.45, 7) is 0.221. The average Bonchev–Trinajstić information content (AvgIpc) is 3.74. The minimum Gasteiger partial charge on any atom is -0.394 e. The molecule has 23 nitrogen and oxygen atoms in total. The van der Waals surface area contributed by atoms with Gasteiger partial charge in [-0.25, -0.2) is 14.4 Å². The van der Waals surface area contributed by atoms with Gasteiger partial charge in [0.1, 0.15) is 49.0 Å². The van der Waals surface area contributed by atoms with E-state index in [0.717, 1.165) is 9.13 Å². The molecule has 3 fully saturated rings. The number of aryl methyl sites for hydroxylation is 1. The highest BCUT2D eigenvalue weighted by Gasteiger charge is 2.45. The molecule has 0 spiro atoms. The number of nitrogens with one attached hydrogen (secondary N) is 3. The van der Waals surface area contributed by atoms with E-state index in [1.807, 2.05) is 0 Å². The van der Waals surface area contributed by atoms with Crippen LogP contribution in [0.15, 0.2) is 47.4 Å². The number of H-pyrrole nitrogens is 3. The van der Waals surface area contributed by atoms with Crippen LogP contribution in [0.5, 0.6) is 0 Å². The van der Waals surface area contributed by atoms with Crippen LogP contribution in [-0.4, -0.2) is 138 Å². The molecule has 3 aromatic heterocycles. The summed E-state index contributed by atoms with van der Waals surface area (Å²) in [4.78, 5) is 74.6. The van der Waals surface area contributed by atoms with E-state index >= 15 is 0 Å². The van der Waals surface area contributed by atoms with Crippen molar-refractivity contribution in [2.45, 2.75) is 80.9 Å². The monoisotopic (exact) mass is 982 g/mol. The summed E-state index contributed by atoms with van der Waals surface area (Å²) < 4.78 is 19.5. The molecule has 0 radical (unpaired) electrons. The van der Waals surface area contributed by atoms with E-state index in [1.54, 1.807) is 45.2 Å². The normalized spacial score (nSPS) is 30.7. The SMILES string of the molecule is Cc1cn([C@@H]2O[C@H](CO)[C@@H](O)[C@H]2O)c(=O)[nH]c1=O.O=c1[nH]c(=O)n([C@@H]2O[C@H](CO)[C@@H](O)[C@H]2O)cc1I.O=c1[nH]c(=O)n([C@H]2C[C@H](O)[C@@H](CO)O2)cc1I. The fourth-order valence-electron chi connectivity index (χ4n) is 5.37. The Balaban J connectivity index is 0.000000178. The number of aromatic nitrogens is 6. The molecule has 0 aromatic carbocycles. The lowest BCUT2D eigenvalue weighted by Gasteiger charge is -2.17. The van der Waals surface area contributed by atoms with E-state index in [9.17, 15) is 54.3 Å². The lowest BCUT2D eigenvalue weighted by molar-refractivity contribution is -0.0551. The predicted molar refractivity (Wildman–Crippen MR) is 192 cm³/mol. The van der Waals surface area contributed by atoms with Crippen molar-refractivity contribution < 1.29 is 55.1 Å². The highest BCUT2D eigenvalue weighted by molar-refractivity contribution is 14.1. The highest BCUT2D eigenvalue weighted by atomic mass is 127. The van der Waals surface area contributed by atoms with Gasteiger partial charge in [-0.15, -0.1) is 0 Å². The van der Waals surface area contributed by atoms with E-state index in [4.69, 9.17) is 29.5 Å². The van der Waals surface area contributed by atoms with Crippen molar-refractivity contribution in [1.82, 2.24) is 28.7 Å². The van der Waals surface area contributed by atoms with Crippen LogP contribution >= 0.6 is 45.2 Å². The Morgan fingerprint density at radius 1 is 0.604 bits per heavy atom. The van der Waals surface area contributed by atoms with Crippen LogP contribution in [0.25, 0.3) is 0 Å². The van der Waals surface area contributed by atoms with E-state index in [2.05, 4.69) is 15.0 Å². The van der Waals surface area contributed by atoms with E-state index in [1.165, 1.54) is 30.1 Å². The number of aliphatic hydroxyl groups excluding tert-OH is 8. The molecule has 6 heterocycles. The first-order chi connectivity index (χ1) is 24.9. The molecule has 0 amide bonds. The van der Waals surface area contributed by atoms with Crippen LogP contribution < -0.4 is 33.7 Å². The standard InChI is InChI=1S/C10H14N2O6.C9H11IN2O6.C9H11IN2O5/c1-4-2-12(10(17)11-8(4)16)9-7(15)6(14)5(3-13)18-9;10-3-1-12(9(17)11-7(3)16)8-6(15)5(14)4(2-13)18-8;10-4-2-12(9(16)11-8(4)15)7-1-5(14)6(3-13)17-7/h2,5-7,9,13-15H,3H2,1H3,(H,11,16,17);1,4-6,8,13-15H,2H2,(H,11,16,17);2,5-7,13-14H,1,3H2,(H,11,15,16)/t5-,6-,7-,9-;4-,5-,6-,8-;5-,6+,7+/m110/s1. The first kappa shape index (κ1) is 42.8. The van der Waals surface area contributed by atoms with Crippen molar-refractivity contribution in [3.63, 3.8) is 0 Å². The molecule has 11 N–H and O–H groups in total. The lowest BCUT2D eigenvalue weighted by Crippen LogP contribution is -2.38. The Bertz CT molecular complexity index is 2000. The molecule has 11 atom stereocenters. The van der Waals surface area contributed by atoms with Gasteiger partial charge in [0.05, 0.1) is 33.1 Å². The molecule has 0 saturated carbocycles. The third-order valence-electron chi connectivity index (χ3n) is 8.27. The Hall–Kier alpha value is -2.94. The maximum atomic E-state index is 11.6. The van der Waals surface area contributed by atoms with Gasteiger partial charge in [0, 0.05) is 30.6 Å². The number of nitrogens with zero attached hydrogens (tertiary/aromatic N) is 3. The number of halogens is 2. The second-order valence-corrected chi connectivity index (χ2v) is 14.2. The largest absolute Gasteiger partial charge is 0.394 e. The first-order valence-corrected chi connectivity index (χ1v) is 17.6. The van der Waals surface area contributed by atoms with Crippen LogP contribution in [0.3, 0.4) is 0 Å². The van der Waals surface area contributed by atoms with Crippen LogP contribution in [0.2, 0.25) is 0 Å². The third-order valence-corrected chi connectivity index (χ3v) is 9.81. The summed E-state index contributed by atoms with van der Waals surface area (Å²) in [5.41, 5.74) is -3.34. The van der Waals surface area contributed by atoms with Crippen LogP contribution in [0, 0.1) is 14.1 Å². The van der Waals surface area contributed by atoms with Crippen molar-refractivity contribution in [1.29, 1.82) is 0 Å². The number of aromatic amines is 3. The van der Waals surface area contributed by atoms with E-state index in [-0.39, 0.29) is 22.2 Å². The molecule has 3 aliphatic rings. The zero-order valence-electron chi connectivity index (χ0n) is 27.3. The van der Waals surface area contributed by atoms with Crippen LogP contribution in [0.1, 0.15) is 30.7 Å². The van der Waals surface area contributed by atoms with Gasteiger partial charge in [0.25, 0.3) is 16.7 Å². The van der Waals surface area contributed by atoms with Crippen molar-refractivity contribution in [2.24, 2.45) is 0 Å². The lowest BCUT2D eigenvalue weighted by atomic mass is 10.1. The maximum Gasteiger partial charge on any atom is 0.330 e. The fourth-order valence-corrected chi connectivity index (χ4v) is 6.24. The fraction of sp³-hybridized carbons (Fsp3) is 0.571. The molecular weight excluding hydrogens is 946 g/mol. The van der Waals surface area contributed by atoms with Crippen LogP contribution in [0.4, 0.5) is 0 Å². The summed E-state index contributed by atoms with van der Waals surface area (Å²) >= 11 is 3.53. The maximum absolute atomic E-state index is 11.6. The van der Waals surface area contributed by atoms with Crippen molar-refractivity contribution >= 4 is 45.2 Å². The Labute approximate surface area is 322 Å². The van der Waals surface area contributed by atoms with Gasteiger partial charge in [-0.1, -0.05) is 0 Å². The Morgan fingerprint density at radius 3 is 1.42 bits per heavy atom. The first-order valence-electron chi connectivity index (χ1n) is 15.5. The van der Waals surface area contributed by atoms with Crippen molar-refractivity contribution in [3.8, 4) is 0 Å². The smallest absolute Gasteiger partial charge is 0.330 e. The van der Waals surface area contributed by atoms with E-state index < -0.39 is 114 Å². The average molecular weight is 982 g/mol.